The summed E-state index contributed by atoms with van der Waals surface area (Å²) in [6.45, 7) is 3.91. The minimum absolute atomic E-state index is 0.114. The zero-order valence-corrected chi connectivity index (χ0v) is 39.7. The molecule has 13 heteroatoms. The Morgan fingerprint density at radius 2 is 0.875 bits per heavy atom. The van der Waals surface area contributed by atoms with E-state index in [2.05, 4.69) is 123 Å². The van der Waals surface area contributed by atoms with Crippen LogP contribution in [0.2, 0.25) is 0 Å². The van der Waals surface area contributed by atoms with Crippen molar-refractivity contribution in [3.05, 3.63) is 109 Å². The molecule has 1 saturated carbocycles. The summed E-state index contributed by atoms with van der Waals surface area (Å²) in [5.41, 5.74) is 0. The lowest BCUT2D eigenvalue weighted by atomic mass is 9.85. The van der Waals surface area contributed by atoms with Gasteiger partial charge in [0.05, 0.1) is 13.2 Å². The summed E-state index contributed by atoms with van der Waals surface area (Å²) in [5, 5.41) is 50.2. The molecule has 0 aromatic carbocycles. The van der Waals surface area contributed by atoms with E-state index >= 15 is 0 Å². The van der Waals surface area contributed by atoms with Crippen molar-refractivity contribution in [3.8, 4) is 0 Å². The zero-order valence-electron chi connectivity index (χ0n) is 38.8. The maximum Gasteiger partial charge on any atom is 0.472 e. The van der Waals surface area contributed by atoms with E-state index in [9.17, 15) is 39.8 Å². The van der Waals surface area contributed by atoms with Gasteiger partial charge in [0, 0.05) is 13.0 Å². The molecule has 1 fully saturated rings. The second-order valence-electron chi connectivity index (χ2n) is 15.8. The van der Waals surface area contributed by atoms with Gasteiger partial charge in [-0.3, -0.25) is 13.8 Å². The number of aliphatic hydroxyl groups excluding tert-OH is 5. The molecular formula is C51H83O12P. The Kier molecular flexibility index (Phi) is 37.2. The van der Waals surface area contributed by atoms with E-state index in [-0.39, 0.29) is 13.0 Å². The lowest BCUT2D eigenvalue weighted by Crippen LogP contribution is -2.64. The van der Waals surface area contributed by atoms with Crippen molar-refractivity contribution in [1.29, 1.82) is 0 Å². The van der Waals surface area contributed by atoms with E-state index in [0.717, 1.165) is 116 Å². The first kappa shape index (κ1) is 59.0. The Bertz CT molecular complexity index is 1470. The fourth-order valence-electron chi connectivity index (χ4n) is 6.43. The molecule has 0 saturated heterocycles. The van der Waals surface area contributed by atoms with Crippen LogP contribution in [0.5, 0.6) is 0 Å². The third-order valence-electron chi connectivity index (χ3n) is 10.1. The SMILES string of the molecule is CC/C=C\C/C=C\C/C=C\C/C=C\C/C=C\CCCCCCCC(=O)OC(COCCCCC/C=C\C/C=C\C/C=C\C/C=C\CC)COP(=O)(O)OC1C(O)C(O)C(O)C(O)C1O. The second-order valence-corrected chi connectivity index (χ2v) is 17.2. The predicted molar refractivity (Wildman–Crippen MR) is 257 cm³/mol. The normalized spacial score (nSPS) is 22.7. The van der Waals surface area contributed by atoms with Crippen LogP contribution in [0.25, 0.3) is 0 Å². The number of phosphoric ester groups is 1. The summed E-state index contributed by atoms with van der Waals surface area (Å²) >= 11 is 0. The minimum atomic E-state index is -5.04. The summed E-state index contributed by atoms with van der Waals surface area (Å²) in [5.74, 6) is -0.513. The quantitative estimate of drug-likeness (QED) is 0.0149. The summed E-state index contributed by atoms with van der Waals surface area (Å²) in [4.78, 5) is 23.2. The third-order valence-corrected chi connectivity index (χ3v) is 11.1. The molecule has 1 aliphatic rings. The number of hydrogen-bond donors (Lipinski definition) is 6. The van der Waals surface area contributed by atoms with Crippen molar-refractivity contribution in [2.24, 2.45) is 0 Å². The molecule has 0 heterocycles. The van der Waals surface area contributed by atoms with Gasteiger partial charge in [-0.15, -0.1) is 0 Å². The second kappa shape index (κ2) is 40.3. The molecule has 0 aromatic rings. The van der Waals surface area contributed by atoms with E-state index < -0.39 is 63.1 Å². The molecule has 1 aliphatic carbocycles. The monoisotopic (exact) mass is 919 g/mol. The standard InChI is InChI=1S/C51H83O12P/c1-3-5-7-9-11-13-15-17-19-21-22-23-24-25-26-28-30-32-34-36-38-40-45(52)62-44(43-61-64(58,59)63-51-49(56)47(54)46(53)48(55)50(51)57)42-60-41-39-37-35-33-31-29-27-20-18-16-14-12-10-8-6-4-2/h5-8,11-14,17-20,22-23,25-26,29,31,44,46-51,53-57H,3-4,9-10,15-16,21,24,27-28,30,32-43H2,1-2H3,(H,58,59)/b7-5-,8-6-,13-11-,14-12-,19-17-,20-18-,23-22-,26-25-,31-29-. The topological polar surface area (TPSA) is 192 Å². The average molecular weight is 919 g/mol. The van der Waals surface area contributed by atoms with Crippen molar-refractivity contribution in [3.63, 3.8) is 0 Å². The molecule has 64 heavy (non-hydrogen) atoms. The summed E-state index contributed by atoms with van der Waals surface area (Å²) in [7, 11) is -5.04. The van der Waals surface area contributed by atoms with Crippen LogP contribution in [0.15, 0.2) is 109 Å². The molecule has 12 nitrogen and oxygen atoms in total. The van der Waals surface area contributed by atoms with E-state index in [1.807, 2.05) is 0 Å². The Balaban J connectivity index is 2.43. The number of aliphatic hydroxyl groups is 5. The number of carbonyl (C=O) groups excluding carboxylic acids is 1. The maximum absolute atomic E-state index is 12.8. The van der Waals surface area contributed by atoms with E-state index in [1.165, 1.54) is 0 Å². The first-order chi connectivity index (χ1) is 31.0. The van der Waals surface area contributed by atoms with Gasteiger partial charge in [-0.05, 0) is 96.3 Å². The minimum Gasteiger partial charge on any atom is -0.457 e. The highest BCUT2D eigenvalue weighted by atomic mass is 31.2. The fourth-order valence-corrected chi connectivity index (χ4v) is 7.40. The van der Waals surface area contributed by atoms with Crippen molar-refractivity contribution in [1.82, 2.24) is 0 Å². The Labute approximate surface area is 385 Å². The molecule has 6 N–H and O–H groups in total. The fraction of sp³-hybridized carbons (Fsp3) is 0.627. The molecule has 6 atom stereocenters. The first-order valence-corrected chi connectivity index (χ1v) is 25.2. The van der Waals surface area contributed by atoms with E-state index in [1.54, 1.807) is 0 Å². The van der Waals surface area contributed by atoms with Crippen LogP contribution in [-0.4, -0.2) is 98.9 Å². The molecule has 364 valence electrons. The number of hydrogen-bond acceptors (Lipinski definition) is 11. The number of ether oxygens (including phenoxy) is 2. The zero-order chi connectivity index (χ0) is 46.9. The van der Waals surface area contributed by atoms with Crippen LogP contribution in [-0.2, 0) is 27.9 Å². The van der Waals surface area contributed by atoms with Gasteiger partial charge in [0.1, 0.15) is 42.7 Å². The van der Waals surface area contributed by atoms with Gasteiger partial charge in [-0.1, -0.05) is 149 Å². The summed E-state index contributed by atoms with van der Waals surface area (Å²) in [6.07, 6.45) is 44.4. The Morgan fingerprint density at radius 1 is 0.500 bits per heavy atom. The molecule has 0 bridgehead atoms. The molecular weight excluding hydrogens is 836 g/mol. The summed E-state index contributed by atoms with van der Waals surface area (Å²) in [6, 6.07) is 0. The molecule has 0 radical (unpaired) electrons. The molecule has 0 spiro atoms. The van der Waals surface area contributed by atoms with Crippen molar-refractivity contribution in [2.75, 3.05) is 19.8 Å². The maximum atomic E-state index is 12.8. The van der Waals surface area contributed by atoms with Crippen molar-refractivity contribution >= 4 is 13.8 Å². The number of phosphoric acid groups is 1. The molecule has 0 amide bonds. The van der Waals surface area contributed by atoms with Crippen LogP contribution in [0.4, 0.5) is 0 Å². The van der Waals surface area contributed by atoms with Crippen molar-refractivity contribution in [2.45, 2.75) is 185 Å². The Hall–Kier alpha value is -3.00. The highest BCUT2D eigenvalue weighted by molar-refractivity contribution is 7.47. The number of rotatable bonds is 38. The first-order valence-electron chi connectivity index (χ1n) is 23.7. The van der Waals surface area contributed by atoms with Gasteiger partial charge < -0.3 is 39.9 Å². The number of allylic oxidation sites excluding steroid dienone is 18. The third kappa shape index (κ3) is 31.8. The molecule has 1 rings (SSSR count). The molecule has 0 aliphatic heterocycles. The lowest BCUT2D eigenvalue weighted by Gasteiger charge is -2.41. The predicted octanol–water partition coefficient (Wildman–Crippen LogP) is 10.1. The van der Waals surface area contributed by atoms with Crippen LogP contribution < -0.4 is 0 Å². The molecule has 6 unspecified atom stereocenters. The largest absolute Gasteiger partial charge is 0.472 e. The van der Waals surface area contributed by atoms with Gasteiger partial charge in [0.2, 0.25) is 0 Å². The highest BCUT2D eigenvalue weighted by Gasteiger charge is 2.51. The van der Waals surface area contributed by atoms with Gasteiger partial charge in [0.15, 0.2) is 0 Å². The summed E-state index contributed by atoms with van der Waals surface area (Å²) < 4.78 is 34.2. The average Bonchev–Trinajstić information content (AvgIpc) is 3.28. The van der Waals surface area contributed by atoms with Gasteiger partial charge in [0.25, 0.3) is 0 Å². The van der Waals surface area contributed by atoms with Gasteiger partial charge in [-0.2, -0.15) is 0 Å². The Morgan fingerprint density at radius 3 is 1.33 bits per heavy atom. The molecule has 0 aromatic heterocycles. The van der Waals surface area contributed by atoms with Crippen LogP contribution in [0, 0.1) is 0 Å². The van der Waals surface area contributed by atoms with Crippen molar-refractivity contribution < 1.29 is 58.3 Å². The van der Waals surface area contributed by atoms with Crippen LogP contribution in [0.1, 0.15) is 142 Å². The smallest absolute Gasteiger partial charge is 0.457 e. The highest BCUT2D eigenvalue weighted by Crippen LogP contribution is 2.47. The van der Waals surface area contributed by atoms with Crippen LogP contribution in [0.3, 0.4) is 0 Å². The number of esters is 1. The van der Waals surface area contributed by atoms with Gasteiger partial charge in [-0.25, -0.2) is 4.57 Å². The van der Waals surface area contributed by atoms with Crippen LogP contribution >= 0.6 is 7.82 Å². The van der Waals surface area contributed by atoms with E-state index in [0.29, 0.717) is 13.0 Å². The van der Waals surface area contributed by atoms with Gasteiger partial charge >= 0.3 is 13.8 Å². The van der Waals surface area contributed by atoms with E-state index in [4.69, 9.17) is 18.5 Å². The lowest BCUT2D eigenvalue weighted by molar-refractivity contribution is -0.220. The number of carbonyl (C=O) groups is 1. The number of unbranched alkanes of at least 4 members (excludes halogenated alkanes) is 8.